The van der Waals surface area contributed by atoms with Gasteiger partial charge in [0.1, 0.15) is 0 Å². The molecule has 0 saturated carbocycles. The fourth-order valence-corrected chi connectivity index (χ4v) is 1.93. The Bertz CT molecular complexity index is 488. The van der Waals surface area contributed by atoms with Crippen molar-refractivity contribution in [1.29, 1.82) is 0 Å². The Morgan fingerprint density at radius 3 is 2.67 bits per heavy atom. The zero-order chi connectivity index (χ0) is 13.0. The van der Waals surface area contributed by atoms with Gasteiger partial charge in [-0.3, -0.25) is 0 Å². The number of unbranched alkanes of at least 4 members (excludes halogenated alkanes) is 1. The number of rotatable bonds is 5. The smallest absolute Gasteiger partial charge is 0.182 e. The second-order valence-corrected chi connectivity index (χ2v) is 4.56. The van der Waals surface area contributed by atoms with Crippen LogP contribution in [-0.2, 0) is 0 Å². The number of nitrogens with zero attached hydrogens (tertiary/aromatic N) is 4. The maximum absolute atomic E-state index is 5.69. The van der Waals surface area contributed by atoms with Gasteiger partial charge < -0.3 is 5.73 Å². The van der Waals surface area contributed by atoms with Crippen molar-refractivity contribution < 1.29 is 0 Å². The first-order chi connectivity index (χ1) is 8.72. The fraction of sp³-hybridized carbons (Fsp3) is 0.462. The lowest BCUT2D eigenvalue weighted by Gasteiger charge is -2.12. The summed E-state index contributed by atoms with van der Waals surface area (Å²) in [4.78, 5) is 0. The van der Waals surface area contributed by atoms with Crippen molar-refractivity contribution in [3.05, 3.63) is 24.3 Å². The van der Waals surface area contributed by atoms with E-state index in [9.17, 15) is 0 Å². The Hall–Kier alpha value is -1.91. The summed E-state index contributed by atoms with van der Waals surface area (Å²) in [7, 11) is 0. The number of nitrogen functional groups attached to an aromatic ring is 1. The monoisotopic (exact) mass is 245 g/mol. The van der Waals surface area contributed by atoms with Gasteiger partial charge in [-0.25, -0.2) is 4.68 Å². The highest BCUT2D eigenvalue weighted by molar-refractivity contribution is 5.58. The molecule has 96 valence electrons. The van der Waals surface area contributed by atoms with Crippen molar-refractivity contribution in [3.8, 4) is 11.4 Å². The lowest BCUT2D eigenvalue weighted by molar-refractivity contribution is 0.437. The standard InChI is InChI=1S/C13H19N5/c1-3-4-5-10(2)18-13(15-16-17-18)11-6-8-12(14)9-7-11/h6-10H,3-5,14H2,1-2H3. The highest BCUT2D eigenvalue weighted by atomic mass is 15.5. The van der Waals surface area contributed by atoms with Gasteiger partial charge in [0.25, 0.3) is 0 Å². The molecule has 0 saturated heterocycles. The Morgan fingerprint density at radius 1 is 1.28 bits per heavy atom. The summed E-state index contributed by atoms with van der Waals surface area (Å²) in [5.74, 6) is 0.804. The normalized spacial score (nSPS) is 12.6. The molecule has 2 rings (SSSR count). The van der Waals surface area contributed by atoms with Gasteiger partial charge in [0.05, 0.1) is 6.04 Å². The summed E-state index contributed by atoms with van der Waals surface area (Å²) < 4.78 is 1.89. The fourth-order valence-electron chi connectivity index (χ4n) is 1.93. The summed E-state index contributed by atoms with van der Waals surface area (Å²) in [5.41, 5.74) is 7.43. The van der Waals surface area contributed by atoms with Gasteiger partial charge in [-0.1, -0.05) is 19.8 Å². The highest BCUT2D eigenvalue weighted by Crippen LogP contribution is 2.22. The molecule has 2 aromatic rings. The van der Waals surface area contributed by atoms with Gasteiger partial charge in [-0.2, -0.15) is 0 Å². The zero-order valence-electron chi connectivity index (χ0n) is 10.9. The first-order valence-electron chi connectivity index (χ1n) is 6.36. The van der Waals surface area contributed by atoms with Crippen molar-refractivity contribution in [2.24, 2.45) is 0 Å². The second-order valence-electron chi connectivity index (χ2n) is 4.56. The van der Waals surface area contributed by atoms with Gasteiger partial charge in [-0.05, 0) is 48.0 Å². The minimum absolute atomic E-state index is 0.313. The number of aromatic nitrogens is 4. The Labute approximate surface area is 107 Å². The maximum Gasteiger partial charge on any atom is 0.182 e. The average Bonchev–Trinajstić information content (AvgIpc) is 2.86. The molecule has 0 fully saturated rings. The molecule has 1 atom stereocenters. The molecule has 1 unspecified atom stereocenters. The topological polar surface area (TPSA) is 69.6 Å². The van der Waals surface area contributed by atoms with Crippen LogP contribution in [0.15, 0.2) is 24.3 Å². The number of hydrogen-bond donors (Lipinski definition) is 1. The molecule has 0 aliphatic carbocycles. The van der Waals surface area contributed by atoms with Crippen LogP contribution in [0.1, 0.15) is 39.2 Å². The second kappa shape index (κ2) is 5.62. The summed E-state index contributed by atoms with van der Waals surface area (Å²) in [6.07, 6.45) is 3.45. The largest absolute Gasteiger partial charge is 0.399 e. The van der Waals surface area contributed by atoms with Gasteiger partial charge in [-0.15, -0.1) is 5.10 Å². The molecule has 2 N–H and O–H groups in total. The van der Waals surface area contributed by atoms with Gasteiger partial charge in [0.2, 0.25) is 0 Å². The number of hydrogen-bond acceptors (Lipinski definition) is 4. The minimum atomic E-state index is 0.313. The number of benzene rings is 1. The summed E-state index contributed by atoms with van der Waals surface area (Å²) in [6.45, 7) is 4.33. The maximum atomic E-state index is 5.69. The predicted molar refractivity (Wildman–Crippen MR) is 71.9 cm³/mol. The van der Waals surface area contributed by atoms with E-state index in [4.69, 9.17) is 5.73 Å². The molecule has 18 heavy (non-hydrogen) atoms. The molecule has 1 aromatic carbocycles. The van der Waals surface area contributed by atoms with Crippen molar-refractivity contribution in [3.63, 3.8) is 0 Å². The quantitative estimate of drug-likeness (QED) is 0.822. The number of anilines is 1. The molecule has 1 heterocycles. The van der Waals surface area contributed by atoms with E-state index in [2.05, 4.69) is 29.4 Å². The van der Waals surface area contributed by atoms with Crippen LogP contribution in [0, 0.1) is 0 Å². The molecule has 5 heteroatoms. The third kappa shape index (κ3) is 2.67. The number of nitrogens with two attached hydrogens (primary N) is 1. The third-order valence-corrected chi connectivity index (χ3v) is 3.05. The van der Waals surface area contributed by atoms with E-state index in [1.54, 1.807) is 0 Å². The van der Waals surface area contributed by atoms with Crippen molar-refractivity contribution in [2.45, 2.75) is 39.2 Å². The van der Waals surface area contributed by atoms with Crippen LogP contribution in [0.5, 0.6) is 0 Å². The van der Waals surface area contributed by atoms with E-state index in [0.717, 1.165) is 23.5 Å². The van der Waals surface area contributed by atoms with E-state index >= 15 is 0 Å². The van der Waals surface area contributed by atoms with Crippen LogP contribution in [0.2, 0.25) is 0 Å². The Kier molecular flexibility index (Phi) is 3.92. The zero-order valence-corrected chi connectivity index (χ0v) is 10.9. The summed E-state index contributed by atoms with van der Waals surface area (Å²) in [6, 6.07) is 7.94. The minimum Gasteiger partial charge on any atom is -0.399 e. The van der Waals surface area contributed by atoms with E-state index in [1.807, 2.05) is 28.9 Å². The van der Waals surface area contributed by atoms with E-state index in [0.29, 0.717) is 6.04 Å². The molecular formula is C13H19N5. The number of tetrazole rings is 1. The summed E-state index contributed by atoms with van der Waals surface area (Å²) >= 11 is 0. The van der Waals surface area contributed by atoms with Gasteiger partial charge >= 0.3 is 0 Å². The SMILES string of the molecule is CCCCC(C)n1nnnc1-c1ccc(N)cc1. The van der Waals surface area contributed by atoms with Crippen molar-refractivity contribution in [2.75, 3.05) is 5.73 Å². The molecular weight excluding hydrogens is 226 g/mol. The molecule has 0 bridgehead atoms. The first-order valence-corrected chi connectivity index (χ1v) is 6.36. The van der Waals surface area contributed by atoms with Crippen LogP contribution >= 0.6 is 0 Å². The van der Waals surface area contributed by atoms with Crippen LogP contribution in [0.4, 0.5) is 5.69 Å². The Balaban J connectivity index is 2.24. The summed E-state index contributed by atoms with van der Waals surface area (Å²) in [5, 5.41) is 12.0. The third-order valence-electron chi connectivity index (χ3n) is 3.05. The molecule has 0 aliphatic heterocycles. The van der Waals surface area contributed by atoms with E-state index in [-0.39, 0.29) is 0 Å². The molecule has 1 aromatic heterocycles. The van der Waals surface area contributed by atoms with E-state index in [1.165, 1.54) is 12.8 Å². The molecule has 0 spiro atoms. The van der Waals surface area contributed by atoms with Crippen molar-refractivity contribution in [1.82, 2.24) is 20.2 Å². The highest BCUT2D eigenvalue weighted by Gasteiger charge is 2.13. The average molecular weight is 245 g/mol. The van der Waals surface area contributed by atoms with Crippen LogP contribution < -0.4 is 5.73 Å². The lowest BCUT2D eigenvalue weighted by atomic mass is 10.1. The van der Waals surface area contributed by atoms with Crippen LogP contribution in [-0.4, -0.2) is 20.2 Å². The Morgan fingerprint density at radius 2 is 2.00 bits per heavy atom. The molecule has 0 amide bonds. The molecule has 0 aliphatic rings. The van der Waals surface area contributed by atoms with E-state index < -0.39 is 0 Å². The lowest BCUT2D eigenvalue weighted by Crippen LogP contribution is -2.09. The van der Waals surface area contributed by atoms with Crippen LogP contribution in [0.3, 0.4) is 0 Å². The predicted octanol–water partition coefficient (Wildman–Crippen LogP) is 2.67. The van der Waals surface area contributed by atoms with Gasteiger partial charge in [0, 0.05) is 11.3 Å². The first kappa shape index (κ1) is 12.5. The molecule has 0 radical (unpaired) electrons. The van der Waals surface area contributed by atoms with Crippen molar-refractivity contribution >= 4 is 5.69 Å². The molecule has 5 nitrogen and oxygen atoms in total. The van der Waals surface area contributed by atoms with Gasteiger partial charge in [0.15, 0.2) is 5.82 Å². The van der Waals surface area contributed by atoms with Crippen LogP contribution in [0.25, 0.3) is 11.4 Å².